The summed E-state index contributed by atoms with van der Waals surface area (Å²) in [7, 11) is 0. The van der Waals surface area contributed by atoms with Gasteiger partial charge in [-0.25, -0.2) is 0 Å². The number of nitrogens with zero attached hydrogens (tertiary/aromatic N) is 1. The van der Waals surface area contributed by atoms with E-state index in [1.165, 1.54) is 24.0 Å². The molecule has 0 radical (unpaired) electrons. The van der Waals surface area contributed by atoms with Crippen molar-refractivity contribution in [3.63, 3.8) is 0 Å². The molecule has 31 heavy (non-hydrogen) atoms. The van der Waals surface area contributed by atoms with Gasteiger partial charge in [0.05, 0.1) is 6.61 Å². The van der Waals surface area contributed by atoms with Gasteiger partial charge < -0.3 is 10.2 Å². The van der Waals surface area contributed by atoms with Crippen molar-refractivity contribution in [3.05, 3.63) is 64.7 Å². The van der Waals surface area contributed by atoms with Crippen LogP contribution in [0.25, 0.3) is 0 Å². The maximum absolute atomic E-state index is 10.8. The Morgan fingerprint density at radius 2 is 1.55 bits per heavy atom. The lowest BCUT2D eigenvalue weighted by Crippen LogP contribution is -2.38. The maximum atomic E-state index is 10.8. The van der Waals surface area contributed by atoms with E-state index in [0.717, 1.165) is 30.5 Å². The van der Waals surface area contributed by atoms with Crippen molar-refractivity contribution in [2.75, 3.05) is 6.54 Å². The van der Waals surface area contributed by atoms with Crippen molar-refractivity contribution in [2.45, 2.75) is 97.8 Å². The molecule has 172 valence electrons. The Bertz CT molecular complexity index is 791. The fraction of sp³-hybridized carbons (Fsp3) is 0.571. The van der Waals surface area contributed by atoms with E-state index in [4.69, 9.17) is 0 Å². The Morgan fingerprint density at radius 3 is 2.13 bits per heavy atom. The highest BCUT2D eigenvalue weighted by atomic mass is 16.3. The third-order valence-electron chi connectivity index (χ3n) is 6.57. The van der Waals surface area contributed by atoms with Crippen molar-refractivity contribution in [1.29, 1.82) is 0 Å². The van der Waals surface area contributed by atoms with Gasteiger partial charge in [-0.2, -0.15) is 0 Å². The second-order valence-corrected chi connectivity index (χ2v) is 9.38. The molecule has 2 aromatic rings. The quantitative estimate of drug-likeness (QED) is 0.392. The third kappa shape index (κ3) is 6.82. The number of aliphatic hydroxyl groups excluding tert-OH is 1. The number of rotatable bonds is 12. The number of hydrogen-bond donors (Lipinski definition) is 2. The Balaban J connectivity index is 2.47. The standard InChI is InChI=1S/C28H43NO2/c1-7-10-23(8-2)24-11-9-12-25(18-24)26(15-16-29(20(3)4)21(5)6)27-17-22(19-30)13-14-28(27)31/h9,11-14,17-18,20-21,23,26,30-31H,7-8,10,15-16,19H2,1-6H3/t23?,26-/m1/s1. The molecule has 0 aliphatic heterocycles. The zero-order chi connectivity index (χ0) is 23.0. The summed E-state index contributed by atoms with van der Waals surface area (Å²) in [6.45, 7) is 14.4. The van der Waals surface area contributed by atoms with E-state index in [0.29, 0.717) is 23.8 Å². The molecule has 0 aliphatic carbocycles. The minimum absolute atomic E-state index is 0.0153. The summed E-state index contributed by atoms with van der Waals surface area (Å²) in [5.41, 5.74) is 4.41. The lowest BCUT2D eigenvalue weighted by molar-refractivity contribution is 0.170. The summed E-state index contributed by atoms with van der Waals surface area (Å²) in [6, 6.07) is 15.4. The second kappa shape index (κ2) is 12.3. The Morgan fingerprint density at radius 1 is 0.871 bits per heavy atom. The molecule has 2 aromatic carbocycles. The van der Waals surface area contributed by atoms with Crippen LogP contribution in [0.1, 0.15) is 101 Å². The van der Waals surface area contributed by atoms with E-state index in [9.17, 15) is 10.2 Å². The highest BCUT2D eigenvalue weighted by Gasteiger charge is 2.22. The van der Waals surface area contributed by atoms with Gasteiger partial charge in [0.2, 0.25) is 0 Å². The number of phenols is 1. The maximum Gasteiger partial charge on any atom is 0.119 e. The first-order valence-electron chi connectivity index (χ1n) is 12.1. The van der Waals surface area contributed by atoms with Crippen molar-refractivity contribution in [3.8, 4) is 5.75 Å². The predicted octanol–water partition coefficient (Wildman–Crippen LogP) is 6.82. The van der Waals surface area contributed by atoms with Crippen LogP contribution in [0.3, 0.4) is 0 Å². The van der Waals surface area contributed by atoms with Crippen LogP contribution in [-0.4, -0.2) is 33.7 Å². The molecule has 2 rings (SSSR count). The summed E-state index contributed by atoms with van der Waals surface area (Å²) in [5.74, 6) is 0.977. The summed E-state index contributed by atoms with van der Waals surface area (Å²) in [5, 5.41) is 20.4. The van der Waals surface area contributed by atoms with Crippen molar-refractivity contribution >= 4 is 0 Å². The molecular formula is C28H43NO2. The highest BCUT2D eigenvalue weighted by molar-refractivity contribution is 5.44. The van der Waals surface area contributed by atoms with Crippen molar-refractivity contribution in [1.82, 2.24) is 4.90 Å². The van der Waals surface area contributed by atoms with Crippen molar-refractivity contribution < 1.29 is 10.2 Å². The molecule has 2 N–H and O–H groups in total. The topological polar surface area (TPSA) is 43.7 Å². The van der Waals surface area contributed by atoms with E-state index < -0.39 is 0 Å². The average Bonchev–Trinajstić information content (AvgIpc) is 2.75. The molecule has 0 bridgehead atoms. The predicted molar refractivity (Wildman–Crippen MR) is 132 cm³/mol. The van der Waals surface area contributed by atoms with Crippen LogP contribution in [0, 0.1) is 0 Å². The van der Waals surface area contributed by atoms with E-state index in [1.807, 2.05) is 6.07 Å². The van der Waals surface area contributed by atoms with Gasteiger partial charge in [0.15, 0.2) is 0 Å². The van der Waals surface area contributed by atoms with Gasteiger partial charge in [-0.15, -0.1) is 0 Å². The Hall–Kier alpha value is -1.84. The van der Waals surface area contributed by atoms with Gasteiger partial charge >= 0.3 is 0 Å². The molecule has 3 nitrogen and oxygen atoms in total. The minimum atomic E-state index is -0.0153. The number of benzene rings is 2. The monoisotopic (exact) mass is 425 g/mol. The first kappa shape index (κ1) is 25.4. The number of aromatic hydroxyl groups is 1. The zero-order valence-electron chi connectivity index (χ0n) is 20.4. The van der Waals surface area contributed by atoms with Gasteiger partial charge in [-0.05, 0) is 88.2 Å². The molecule has 0 fully saturated rings. The van der Waals surface area contributed by atoms with Crippen LogP contribution in [0.4, 0.5) is 0 Å². The highest BCUT2D eigenvalue weighted by Crippen LogP contribution is 2.37. The van der Waals surface area contributed by atoms with Crippen LogP contribution in [0.2, 0.25) is 0 Å². The van der Waals surface area contributed by atoms with E-state index in [2.05, 4.69) is 70.7 Å². The van der Waals surface area contributed by atoms with Crippen LogP contribution in [-0.2, 0) is 6.61 Å². The molecular weight excluding hydrogens is 382 g/mol. The summed E-state index contributed by atoms with van der Waals surface area (Å²) in [6.07, 6.45) is 4.45. The molecule has 2 atom stereocenters. The Kier molecular flexibility index (Phi) is 10.1. The number of phenolic OH excluding ortho intramolecular Hbond substituents is 1. The molecule has 0 spiro atoms. The molecule has 0 aromatic heterocycles. The lowest BCUT2D eigenvalue weighted by Gasteiger charge is -2.32. The fourth-order valence-electron chi connectivity index (χ4n) is 4.86. The van der Waals surface area contributed by atoms with Gasteiger partial charge in [0, 0.05) is 23.6 Å². The SMILES string of the molecule is CCCC(CC)c1cccc([C@@H](CCN(C(C)C)C(C)C)c2cc(CO)ccc2O)c1. The number of hydrogen-bond acceptors (Lipinski definition) is 3. The molecule has 0 saturated carbocycles. The zero-order valence-corrected chi connectivity index (χ0v) is 20.4. The third-order valence-corrected chi connectivity index (χ3v) is 6.57. The Labute approximate surface area is 190 Å². The molecule has 3 heteroatoms. The number of aliphatic hydroxyl groups is 1. The molecule has 0 heterocycles. The molecule has 0 aliphatic rings. The average molecular weight is 426 g/mol. The fourth-order valence-corrected chi connectivity index (χ4v) is 4.86. The van der Waals surface area contributed by atoms with Crippen LogP contribution < -0.4 is 0 Å². The summed E-state index contributed by atoms with van der Waals surface area (Å²) in [4.78, 5) is 2.51. The van der Waals surface area contributed by atoms with Crippen LogP contribution in [0.15, 0.2) is 42.5 Å². The second-order valence-electron chi connectivity index (χ2n) is 9.38. The van der Waals surface area contributed by atoms with Crippen LogP contribution in [0.5, 0.6) is 5.75 Å². The van der Waals surface area contributed by atoms with Crippen molar-refractivity contribution in [2.24, 2.45) is 0 Å². The summed E-state index contributed by atoms with van der Waals surface area (Å²) < 4.78 is 0. The molecule has 1 unspecified atom stereocenters. The van der Waals surface area contributed by atoms with E-state index in [-0.39, 0.29) is 12.5 Å². The smallest absolute Gasteiger partial charge is 0.119 e. The van der Waals surface area contributed by atoms with Crippen LogP contribution >= 0.6 is 0 Å². The first-order chi connectivity index (χ1) is 14.8. The normalized spacial score (nSPS) is 13.9. The van der Waals surface area contributed by atoms with E-state index >= 15 is 0 Å². The van der Waals surface area contributed by atoms with Gasteiger partial charge in [-0.3, -0.25) is 4.90 Å². The van der Waals surface area contributed by atoms with Gasteiger partial charge in [-0.1, -0.05) is 50.6 Å². The minimum Gasteiger partial charge on any atom is -0.508 e. The van der Waals surface area contributed by atoms with E-state index in [1.54, 1.807) is 12.1 Å². The van der Waals surface area contributed by atoms with Gasteiger partial charge in [0.1, 0.15) is 5.75 Å². The van der Waals surface area contributed by atoms with Gasteiger partial charge in [0.25, 0.3) is 0 Å². The largest absolute Gasteiger partial charge is 0.508 e. The summed E-state index contributed by atoms with van der Waals surface area (Å²) >= 11 is 0. The lowest BCUT2D eigenvalue weighted by atomic mass is 9.83. The first-order valence-corrected chi connectivity index (χ1v) is 12.1. The molecule has 0 amide bonds. The molecule has 0 saturated heterocycles.